The minimum Gasteiger partial charge on any atom is -0.493 e. The van der Waals surface area contributed by atoms with Gasteiger partial charge in [0.15, 0.2) is 0 Å². The van der Waals surface area contributed by atoms with Gasteiger partial charge in [-0.1, -0.05) is 49.7 Å². The Morgan fingerprint density at radius 2 is 1.58 bits per heavy atom. The molecule has 3 aromatic rings. The van der Waals surface area contributed by atoms with Gasteiger partial charge in [-0.3, -0.25) is 0 Å². The van der Waals surface area contributed by atoms with Crippen LogP contribution in [-0.4, -0.2) is 14.9 Å². The van der Waals surface area contributed by atoms with Crippen molar-refractivity contribution in [1.82, 2.24) is 9.78 Å². The second-order valence-corrected chi connectivity index (χ2v) is 6.79. The zero-order valence-electron chi connectivity index (χ0n) is 15.0. The van der Waals surface area contributed by atoms with Crippen LogP contribution in [0.15, 0.2) is 42.5 Å². The maximum Gasteiger partial charge on any atom is 0.218 e. The number of aromatic nitrogens is 2. The van der Waals surface area contributed by atoms with E-state index in [0.29, 0.717) is 0 Å². The topological polar surface area (TPSA) is 38.0 Å². The first-order valence-corrected chi connectivity index (χ1v) is 8.35. The smallest absolute Gasteiger partial charge is 0.218 e. The summed E-state index contributed by atoms with van der Waals surface area (Å²) in [6, 6.07) is 14.4. The molecule has 0 radical (unpaired) electrons. The third kappa shape index (κ3) is 2.82. The summed E-state index contributed by atoms with van der Waals surface area (Å²) in [6.07, 6.45) is 0. The zero-order chi connectivity index (χ0) is 17.4. The maximum absolute atomic E-state index is 10.8. The van der Waals surface area contributed by atoms with Gasteiger partial charge < -0.3 is 5.11 Å². The number of aryl methyl sites for hydroxylation is 3. The normalized spacial score (nSPS) is 11.2. The van der Waals surface area contributed by atoms with Crippen molar-refractivity contribution in [3.63, 3.8) is 0 Å². The third-order valence-corrected chi connectivity index (χ3v) is 4.53. The number of benzene rings is 2. The van der Waals surface area contributed by atoms with Crippen molar-refractivity contribution in [2.45, 2.75) is 40.5 Å². The lowest BCUT2D eigenvalue weighted by atomic mass is 9.98. The Morgan fingerprint density at radius 3 is 2.17 bits per heavy atom. The summed E-state index contributed by atoms with van der Waals surface area (Å²) in [4.78, 5) is 0. The minimum atomic E-state index is 0.182. The van der Waals surface area contributed by atoms with Gasteiger partial charge in [0.1, 0.15) is 5.69 Å². The molecule has 0 saturated heterocycles. The summed E-state index contributed by atoms with van der Waals surface area (Å²) in [7, 11) is 0. The molecule has 0 amide bonds. The van der Waals surface area contributed by atoms with Crippen LogP contribution in [-0.2, 0) is 0 Å². The molecule has 1 aromatic heterocycles. The average Bonchev–Trinajstić information content (AvgIpc) is 2.88. The molecule has 0 spiro atoms. The summed E-state index contributed by atoms with van der Waals surface area (Å²) < 4.78 is 1.65. The molecule has 0 saturated carbocycles. The van der Waals surface area contributed by atoms with Gasteiger partial charge in [0.05, 0.1) is 5.69 Å². The summed E-state index contributed by atoms with van der Waals surface area (Å²) >= 11 is 0. The molecule has 0 aliphatic rings. The molecular weight excluding hydrogens is 296 g/mol. The highest BCUT2D eigenvalue weighted by atomic mass is 16.3. The Bertz CT molecular complexity index is 874. The number of hydrogen-bond donors (Lipinski definition) is 1. The highest BCUT2D eigenvalue weighted by molar-refractivity contribution is 5.67. The van der Waals surface area contributed by atoms with Crippen LogP contribution >= 0.6 is 0 Å². The van der Waals surface area contributed by atoms with Crippen LogP contribution in [0.5, 0.6) is 5.88 Å². The molecule has 0 bridgehead atoms. The summed E-state index contributed by atoms with van der Waals surface area (Å²) in [5.41, 5.74) is 7.28. The first-order chi connectivity index (χ1) is 11.4. The molecule has 1 N–H and O–H groups in total. The second kappa shape index (κ2) is 6.16. The van der Waals surface area contributed by atoms with Crippen molar-refractivity contribution in [2.24, 2.45) is 0 Å². The van der Waals surface area contributed by atoms with Gasteiger partial charge in [0.2, 0.25) is 5.88 Å². The lowest BCUT2D eigenvalue weighted by Crippen LogP contribution is -1.97. The fourth-order valence-corrected chi connectivity index (χ4v) is 2.91. The molecule has 0 aliphatic heterocycles. The Hall–Kier alpha value is -2.55. The maximum atomic E-state index is 10.8. The van der Waals surface area contributed by atoms with Gasteiger partial charge in [-0.25, -0.2) is 4.68 Å². The standard InChI is InChI=1S/C21H24N2O/c1-13(2)19-20(17-9-6-14(3)7-10-17)22-23(21(19)24)18-11-8-15(4)16(5)12-18/h6-13,24H,1-5H3. The number of hydrogen-bond acceptors (Lipinski definition) is 2. The van der Waals surface area contributed by atoms with Gasteiger partial charge >= 0.3 is 0 Å². The fraction of sp³-hybridized carbons (Fsp3) is 0.286. The molecular formula is C21H24N2O. The summed E-state index contributed by atoms with van der Waals surface area (Å²) in [6.45, 7) is 10.4. The summed E-state index contributed by atoms with van der Waals surface area (Å²) in [5.74, 6) is 0.408. The molecule has 0 unspecified atom stereocenters. The Kier molecular flexibility index (Phi) is 4.18. The lowest BCUT2D eigenvalue weighted by molar-refractivity contribution is 0.425. The Labute approximate surface area is 143 Å². The predicted molar refractivity (Wildman–Crippen MR) is 99.0 cm³/mol. The van der Waals surface area contributed by atoms with Gasteiger partial charge in [-0.15, -0.1) is 0 Å². The number of nitrogens with zero attached hydrogens (tertiary/aromatic N) is 2. The number of aromatic hydroxyl groups is 1. The minimum absolute atomic E-state index is 0.182. The van der Waals surface area contributed by atoms with Crippen LogP contribution in [0.25, 0.3) is 16.9 Å². The molecule has 0 aliphatic carbocycles. The third-order valence-electron chi connectivity index (χ3n) is 4.53. The van der Waals surface area contributed by atoms with Crippen molar-refractivity contribution in [2.75, 3.05) is 0 Å². The van der Waals surface area contributed by atoms with Crippen molar-refractivity contribution in [3.05, 3.63) is 64.7 Å². The Balaban J connectivity index is 2.20. The van der Waals surface area contributed by atoms with Crippen molar-refractivity contribution in [3.8, 4) is 22.8 Å². The largest absolute Gasteiger partial charge is 0.493 e. The van der Waals surface area contributed by atoms with Gasteiger partial charge in [-0.2, -0.15) is 5.10 Å². The first kappa shape index (κ1) is 16.3. The number of rotatable bonds is 3. The van der Waals surface area contributed by atoms with Crippen molar-refractivity contribution >= 4 is 0 Å². The van der Waals surface area contributed by atoms with E-state index in [9.17, 15) is 5.11 Å². The van der Waals surface area contributed by atoms with Crippen LogP contribution in [0.1, 0.15) is 42.0 Å². The van der Waals surface area contributed by atoms with E-state index in [2.05, 4.69) is 71.0 Å². The second-order valence-electron chi connectivity index (χ2n) is 6.79. The van der Waals surface area contributed by atoms with Crippen molar-refractivity contribution in [1.29, 1.82) is 0 Å². The molecule has 24 heavy (non-hydrogen) atoms. The van der Waals surface area contributed by atoms with Crippen molar-refractivity contribution < 1.29 is 5.11 Å². The van der Waals surface area contributed by atoms with Gasteiger partial charge in [0, 0.05) is 11.1 Å². The highest BCUT2D eigenvalue weighted by Crippen LogP contribution is 2.37. The van der Waals surface area contributed by atoms with E-state index in [0.717, 1.165) is 22.5 Å². The van der Waals surface area contributed by atoms with E-state index in [4.69, 9.17) is 5.10 Å². The Morgan fingerprint density at radius 1 is 0.917 bits per heavy atom. The van der Waals surface area contributed by atoms with Crippen LogP contribution in [0.4, 0.5) is 0 Å². The first-order valence-electron chi connectivity index (χ1n) is 8.35. The molecule has 3 heteroatoms. The quantitative estimate of drug-likeness (QED) is 0.711. The van der Waals surface area contributed by atoms with E-state index < -0.39 is 0 Å². The average molecular weight is 320 g/mol. The molecule has 124 valence electrons. The van der Waals surface area contributed by atoms with E-state index in [1.165, 1.54) is 16.7 Å². The monoisotopic (exact) mass is 320 g/mol. The van der Waals surface area contributed by atoms with Gasteiger partial charge in [-0.05, 0) is 49.9 Å². The fourth-order valence-electron chi connectivity index (χ4n) is 2.91. The lowest BCUT2D eigenvalue weighted by Gasteiger charge is -2.08. The SMILES string of the molecule is Cc1ccc(-c2nn(-c3ccc(C)c(C)c3)c(O)c2C(C)C)cc1. The highest BCUT2D eigenvalue weighted by Gasteiger charge is 2.22. The van der Waals surface area contributed by atoms with Crippen LogP contribution in [0.2, 0.25) is 0 Å². The molecule has 1 heterocycles. The van der Waals surface area contributed by atoms with Crippen LogP contribution < -0.4 is 0 Å². The predicted octanol–water partition coefficient (Wildman–Crippen LogP) is 5.29. The summed E-state index contributed by atoms with van der Waals surface area (Å²) in [5, 5.41) is 15.5. The van der Waals surface area contributed by atoms with E-state index >= 15 is 0 Å². The van der Waals surface area contributed by atoms with Crippen LogP contribution in [0.3, 0.4) is 0 Å². The van der Waals surface area contributed by atoms with Crippen LogP contribution in [0, 0.1) is 20.8 Å². The van der Waals surface area contributed by atoms with E-state index in [1.807, 2.05) is 6.07 Å². The molecule has 3 nitrogen and oxygen atoms in total. The molecule has 2 aromatic carbocycles. The molecule has 0 atom stereocenters. The van der Waals surface area contributed by atoms with Gasteiger partial charge in [0.25, 0.3) is 0 Å². The molecule has 0 fully saturated rings. The van der Waals surface area contributed by atoms with E-state index in [1.54, 1.807) is 4.68 Å². The van der Waals surface area contributed by atoms with E-state index in [-0.39, 0.29) is 11.8 Å². The molecule has 3 rings (SSSR count). The zero-order valence-corrected chi connectivity index (χ0v) is 15.0.